The van der Waals surface area contributed by atoms with Crippen molar-refractivity contribution in [3.63, 3.8) is 0 Å². The molecule has 0 radical (unpaired) electrons. The van der Waals surface area contributed by atoms with Crippen LogP contribution in [0.2, 0.25) is 0 Å². The quantitative estimate of drug-likeness (QED) is 0.386. The van der Waals surface area contributed by atoms with Crippen molar-refractivity contribution < 1.29 is 32.4 Å². The highest BCUT2D eigenvalue weighted by atomic mass is 35.5. The van der Waals surface area contributed by atoms with E-state index in [9.17, 15) is 18.0 Å². The lowest BCUT2D eigenvalue weighted by atomic mass is 9.92. The maximum absolute atomic E-state index is 13.3. The molecule has 2 N–H and O–H groups in total. The van der Waals surface area contributed by atoms with Gasteiger partial charge in [0.2, 0.25) is 15.9 Å². The van der Waals surface area contributed by atoms with Crippen LogP contribution in [-0.4, -0.2) is 72.7 Å². The van der Waals surface area contributed by atoms with E-state index in [2.05, 4.69) is 0 Å². The minimum absolute atomic E-state index is 0. The third-order valence-electron chi connectivity index (χ3n) is 6.62. The van der Waals surface area contributed by atoms with E-state index >= 15 is 0 Å². The van der Waals surface area contributed by atoms with Gasteiger partial charge in [-0.05, 0) is 43.7 Å². The van der Waals surface area contributed by atoms with Gasteiger partial charge in [-0.15, -0.1) is 12.4 Å². The van der Waals surface area contributed by atoms with Crippen LogP contribution in [0.5, 0.6) is 0 Å². The van der Waals surface area contributed by atoms with Gasteiger partial charge in [-0.25, -0.2) is 18.2 Å². The minimum atomic E-state index is -3.94. The van der Waals surface area contributed by atoms with Crippen molar-refractivity contribution in [1.29, 1.82) is 0 Å². The second-order valence-corrected chi connectivity index (χ2v) is 10.9. The zero-order valence-electron chi connectivity index (χ0n) is 18.9. The summed E-state index contributed by atoms with van der Waals surface area (Å²) in [5, 5.41) is 9.15. The summed E-state index contributed by atoms with van der Waals surface area (Å²) >= 11 is 0. The first-order valence-corrected chi connectivity index (χ1v) is 12.5. The Morgan fingerprint density at radius 3 is 2.52 bits per heavy atom. The van der Waals surface area contributed by atoms with Crippen LogP contribution in [0.15, 0.2) is 22.8 Å². The number of hydrogen-bond donors (Lipinski definition) is 2. The number of halogens is 1. The van der Waals surface area contributed by atoms with Gasteiger partial charge in [0.15, 0.2) is 4.75 Å². The molecule has 1 aromatic heterocycles. The highest BCUT2D eigenvalue weighted by Gasteiger charge is 2.54. The molecule has 1 aromatic rings. The number of carbonyl (C=O) groups is 2. The van der Waals surface area contributed by atoms with Crippen LogP contribution in [0.3, 0.4) is 0 Å². The smallest absolute Gasteiger partial charge is 0.266 e. The van der Waals surface area contributed by atoms with Gasteiger partial charge in [0.25, 0.3) is 5.91 Å². The number of ether oxygens (including phenoxy) is 1. The lowest BCUT2D eigenvalue weighted by Crippen LogP contribution is -2.60. The first kappa shape index (κ1) is 27.6. The van der Waals surface area contributed by atoms with E-state index in [1.165, 1.54) is 4.31 Å². The van der Waals surface area contributed by atoms with Crippen LogP contribution in [0.1, 0.15) is 50.7 Å². The molecule has 2 saturated heterocycles. The molecule has 0 aromatic carbocycles. The Labute approximate surface area is 201 Å². The fourth-order valence-corrected chi connectivity index (χ4v) is 6.70. The number of sulfonamides is 1. The van der Waals surface area contributed by atoms with E-state index in [-0.39, 0.29) is 44.4 Å². The highest BCUT2D eigenvalue weighted by molar-refractivity contribution is 7.91. The standard InChI is InChI=1S/C21H33N3O7S.ClH/c1-23(16-18-5-3-13-31-18)19(25)6-2-4-17-7-11-24(12-8-17)32(28,29)21(20(26)22-27)9-14-30-15-10-21;/h3,5,13,17,27H,2,4,6-12,14-16H2,1H3,(H,22,26);1H. The van der Waals surface area contributed by atoms with Crippen LogP contribution in [-0.2, 0) is 30.9 Å². The molecule has 3 rings (SSSR count). The molecule has 2 fully saturated rings. The number of furan rings is 1. The molecule has 0 spiro atoms. The van der Waals surface area contributed by atoms with Crippen molar-refractivity contribution in [2.24, 2.45) is 5.92 Å². The number of nitrogens with one attached hydrogen (secondary N) is 1. The number of piperidine rings is 1. The van der Waals surface area contributed by atoms with Gasteiger partial charge in [0.1, 0.15) is 5.76 Å². The average Bonchev–Trinajstić information content (AvgIpc) is 3.32. The maximum atomic E-state index is 13.3. The van der Waals surface area contributed by atoms with Gasteiger partial charge in [-0.1, -0.05) is 0 Å². The van der Waals surface area contributed by atoms with Gasteiger partial charge < -0.3 is 14.1 Å². The molecule has 2 aliphatic heterocycles. The summed E-state index contributed by atoms with van der Waals surface area (Å²) < 4.78 is 36.9. The predicted molar refractivity (Wildman–Crippen MR) is 122 cm³/mol. The fourth-order valence-electron chi connectivity index (χ4n) is 4.55. The molecule has 0 aliphatic carbocycles. The molecule has 10 nitrogen and oxygen atoms in total. The number of nitrogens with zero attached hydrogens (tertiary/aromatic N) is 2. The first-order valence-electron chi connectivity index (χ1n) is 11.1. The third kappa shape index (κ3) is 6.27. The maximum Gasteiger partial charge on any atom is 0.266 e. The Bertz CT molecular complexity index is 864. The van der Waals surface area contributed by atoms with Gasteiger partial charge in [-0.3, -0.25) is 14.8 Å². The van der Waals surface area contributed by atoms with Crippen LogP contribution >= 0.6 is 12.4 Å². The third-order valence-corrected chi connectivity index (χ3v) is 9.25. The van der Waals surface area contributed by atoms with Crippen molar-refractivity contribution in [3.8, 4) is 0 Å². The molecule has 33 heavy (non-hydrogen) atoms. The summed E-state index contributed by atoms with van der Waals surface area (Å²) in [5.74, 6) is 0.242. The van der Waals surface area contributed by atoms with Gasteiger partial charge >= 0.3 is 0 Å². The van der Waals surface area contributed by atoms with E-state index in [1.807, 2.05) is 6.07 Å². The van der Waals surface area contributed by atoms with E-state index in [1.54, 1.807) is 29.8 Å². The molecule has 0 bridgehead atoms. The number of rotatable bonds is 9. The zero-order chi connectivity index (χ0) is 23.2. The monoisotopic (exact) mass is 507 g/mol. The molecular formula is C21H34ClN3O7S. The van der Waals surface area contributed by atoms with Gasteiger partial charge in [0.05, 0.1) is 12.8 Å². The summed E-state index contributed by atoms with van der Waals surface area (Å²) in [4.78, 5) is 26.3. The van der Waals surface area contributed by atoms with Crippen LogP contribution in [0.4, 0.5) is 0 Å². The van der Waals surface area contributed by atoms with Gasteiger partial charge in [-0.2, -0.15) is 0 Å². The van der Waals surface area contributed by atoms with Crippen LogP contribution in [0, 0.1) is 5.92 Å². The molecule has 2 aliphatic rings. The molecule has 0 atom stereocenters. The summed E-state index contributed by atoms with van der Waals surface area (Å²) in [6.07, 6.45) is 5.03. The number of hydroxylamine groups is 1. The SMILES string of the molecule is CN(Cc1ccco1)C(=O)CCCC1CCN(S(=O)(=O)C2(C(=O)NO)CCOCC2)CC1.Cl. The van der Waals surface area contributed by atoms with Crippen LogP contribution in [0.25, 0.3) is 0 Å². The highest BCUT2D eigenvalue weighted by Crippen LogP contribution is 2.35. The number of carbonyl (C=O) groups excluding carboxylic acids is 2. The Hall–Kier alpha value is -1.66. The summed E-state index contributed by atoms with van der Waals surface area (Å²) in [6, 6.07) is 3.63. The normalized spacial score (nSPS) is 19.5. The summed E-state index contributed by atoms with van der Waals surface area (Å²) in [6.45, 7) is 1.43. The molecule has 12 heteroatoms. The van der Waals surface area contributed by atoms with E-state index in [4.69, 9.17) is 14.4 Å². The average molecular weight is 508 g/mol. The topological polar surface area (TPSA) is 129 Å². The minimum Gasteiger partial charge on any atom is -0.467 e. The number of amides is 2. The Kier molecular flexibility index (Phi) is 10.2. The van der Waals surface area contributed by atoms with Crippen LogP contribution < -0.4 is 5.48 Å². The van der Waals surface area contributed by atoms with E-state index < -0.39 is 20.7 Å². The second-order valence-electron chi connectivity index (χ2n) is 8.62. The predicted octanol–water partition coefficient (Wildman–Crippen LogP) is 1.93. The van der Waals surface area contributed by atoms with Crippen molar-refractivity contribution in [2.75, 3.05) is 33.4 Å². The largest absolute Gasteiger partial charge is 0.467 e. The van der Waals surface area contributed by atoms with Crippen molar-refractivity contribution in [2.45, 2.75) is 56.2 Å². The molecular weight excluding hydrogens is 474 g/mol. The van der Waals surface area contributed by atoms with Gasteiger partial charge in [0, 0.05) is 52.6 Å². The molecule has 3 heterocycles. The molecule has 188 valence electrons. The summed E-state index contributed by atoms with van der Waals surface area (Å²) in [5.41, 5.74) is 1.55. The van der Waals surface area contributed by atoms with E-state index in [0.717, 1.165) is 18.6 Å². The first-order chi connectivity index (χ1) is 15.3. The van der Waals surface area contributed by atoms with Crippen molar-refractivity contribution in [3.05, 3.63) is 24.2 Å². The number of hydrogen-bond acceptors (Lipinski definition) is 7. The van der Waals surface area contributed by atoms with Crippen molar-refractivity contribution >= 4 is 34.2 Å². The lowest BCUT2D eigenvalue weighted by Gasteiger charge is -2.40. The molecule has 0 unspecified atom stereocenters. The van der Waals surface area contributed by atoms with E-state index in [0.29, 0.717) is 44.8 Å². The Morgan fingerprint density at radius 2 is 1.94 bits per heavy atom. The van der Waals surface area contributed by atoms with Crippen molar-refractivity contribution in [1.82, 2.24) is 14.7 Å². The second kappa shape index (κ2) is 12.2. The molecule has 0 saturated carbocycles. The lowest BCUT2D eigenvalue weighted by molar-refractivity contribution is -0.134. The molecule has 2 amide bonds. The Balaban J connectivity index is 0.00000385. The fraction of sp³-hybridized carbons (Fsp3) is 0.714. The Morgan fingerprint density at radius 1 is 1.27 bits per heavy atom. The zero-order valence-corrected chi connectivity index (χ0v) is 20.5. The summed E-state index contributed by atoms with van der Waals surface area (Å²) in [7, 11) is -2.19.